The number of carbonyl (C=O) groups excluding carboxylic acids is 2. The van der Waals surface area contributed by atoms with Crippen LogP contribution in [-0.2, 0) is 16.0 Å². The summed E-state index contributed by atoms with van der Waals surface area (Å²) in [4.78, 5) is 24.0. The summed E-state index contributed by atoms with van der Waals surface area (Å²) in [6.07, 6.45) is -0.480. The molecular formula is C21H25NO4. The van der Waals surface area contributed by atoms with Crippen LogP contribution >= 0.6 is 0 Å². The van der Waals surface area contributed by atoms with E-state index in [4.69, 9.17) is 9.47 Å². The van der Waals surface area contributed by atoms with Crippen molar-refractivity contribution in [1.82, 2.24) is 5.32 Å². The zero-order chi connectivity index (χ0) is 19.3. The molecule has 0 saturated heterocycles. The molecule has 0 saturated carbocycles. The van der Waals surface area contributed by atoms with E-state index in [1.165, 1.54) is 7.11 Å². The third-order valence-electron chi connectivity index (χ3n) is 3.76. The van der Waals surface area contributed by atoms with E-state index in [0.29, 0.717) is 12.1 Å². The molecular weight excluding hydrogens is 330 g/mol. The molecule has 0 heterocycles. The van der Waals surface area contributed by atoms with Crippen molar-refractivity contribution in [3.8, 4) is 11.1 Å². The van der Waals surface area contributed by atoms with Crippen LogP contribution in [0.3, 0.4) is 0 Å². The third kappa shape index (κ3) is 5.09. The Balaban J connectivity index is 2.31. The molecule has 0 aliphatic rings. The number of nitrogens with one attached hydrogen (secondary N) is 1. The lowest BCUT2D eigenvalue weighted by atomic mass is 9.94. The first-order valence-electron chi connectivity index (χ1n) is 8.45. The molecule has 0 atom stereocenters. The first-order chi connectivity index (χ1) is 12.2. The Morgan fingerprint density at radius 2 is 1.73 bits per heavy atom. The normalized spacial score (nSPS) is 11.0. The number of esters is 1. The Morgan fingerprint density at radius 1 is 1.04 bits per heavy atom. The summed E-state index contributed by atoms with van der Waals surface area (Å²) in [5.41, 5.74) is 3.58. The Morgan fingerprint density at radius 3 is 2.35 bits per heavy atom. The second-order valence-electron chi connectivity index (χ2n) is 7.04. The van der Waals surface area contributed by atoms with E-state index < -0.39 is 17.7 Å². The maximum absolute atomic E-state index is 12.1. The molecule has 0 bridgehead atoms. The minimum Gasteiger partial charge on any atom is -0.465 e. The summed E-state index contributed by atoms with van der Waals surface area (Å²) in [5, 5.41) is 2.73. The van der Waals surface area contributed by atoms with Gasteiger partial charge in [-0.15, -0.1) is 0 Å². The highest BCUT2D eigenvalue weighted by Crippen LogP contribution is 2.28. The lowest BCUT2D eigenvalue weighted by molar-refractivity contribution is 0.0522. The summed E-state index contributed by atoms with van der Waals surface area (Å²) in [7, 11) is 1.36. The number of methoxy groups -OCH3 is 1. The van der Waals surface area contributed by atoms with Crippen LogP contribution in [0.4, 0.5) is 4.79 Å². The largest absolute Gasteiger partial charge is 0.465 e. The maximum Gasteiger partial charge on any atom is 0.407 e. The molecule has 1 amide bonds. The number of benzene rings is 2. The standard InChI is InChI=1S/C21H25NO4/c1-14-8-6-7-9-16(14)18-12-15(10-11-17(18)19(23)25-5)13-22-20(24)26-21(2,3)4/h6-12H,13H2,1-5H3,(H,22,24). The molecule has 0 spiro atoms. The van der Waals surface area contributed by atoms with E-state index in [1.807, 2.05) is 58.0 Å². The van der Waals surface area contributed by atoms with Gasteiger partial charge in [0.25, 0.3) is 0 Å². The van der Waals surface area contributed by atoms with Crippen molar-refractivity contribution in [2.24, 2.45) is 0 Å². The lowest BCUT2D eigenvalue weighted by Gasteiger charge is -2.20. The fraction of sp³-hybridized carbons (Fsp3) is 0.333. The van der Waals surface area contributed by atoms with Gasteiger partial charge in [0, 0.05) is 6.54 Å². The van der Waals surface area contributed by atoms with Crippen molar-refractivity contribution in [2.45, 2.75) is 39.8 Å². The van der Waals surface area contributed by atoms with Gasteiger partial charge >= 0.3 is 12.1 Å². The van der Waals surface area contributed by atoms with E-state index in [9.17, 15) is 9.59 Å². The summed E-state index contributed by atoms with van der Waals surface area (Å²) in [5.74, 6) is -0.394. The fourth-order valence-electron chi connectivity index (χ4n) is 2.58. The van der Waals surface area contributed by atoms with Gasteiger partial charge in [-0.25, -0.2) is 9.59 Å². The van der Waals surface area contributed by atoms with Gasteiger partial charge in [0.1, 0.15) is 5.60 Å². The van der Waals surface area contributed by atoms with Crippen LogP contribution in [0.2, 0.25) is 0 Å². The predicted molar refractivity (Wildman–Crippen MR) is 101 cm³/mol. The van der Waals surface area contributed by atoms with E-state index in [2.05, 4.69) is 5.32 Å². The smallest absolute Gasteiger partial charge is 0.407 e. The molecule has 0 fully saturated rings. The molecule has 0 aliphatic heterocycles. The molecule has 0 aliphatic carbocycles. The molecule has 0 radical (unpaired) electrons. The number of amides is 1. The SMILES string of the molecule is COC(=O)c1ccc(CNC(=O)OC(C)(C)C)cc1-c1ccccc1C. The number of hydrogen-bond donors (Lipinski definition) is 1. The van der Waals surface area contributed by atoms with Gasteiger partial charge in [-0.1, -0.05) is 30.3 Å². The van der Waals surface area contributed by atoms with Crippen molar-refractivity contribution in [1.29, 1.82) is 0 Å². The van der Waals surface area contributed by atoms with Crippen LogP contribution in [0, 0.1) is 6.92 Å². The van der Waals surface area contributed by atoms with Crippen molar-refractivity contribution < 1.29 is 19.1 Å². The Bertz CT molecular complexity index is 806. The molecule has 5 heteroatoms. The second kappa shape index (κ2) is 8.04. The van der Waals surface area contributed by atoms with Gasteiger partial charge < -0.3 is 14.8 Å². The maximum atomic E-state index is 12.1. The summed E-state index contributed by atoms with van der Waals surface area (Å²) >= 11 is 0. The molecule has 26 heavy (non-hydrogen) atoms. The van der Waals surface area contributed by atoms with Crippen molar-refractivity contribution >= 4 is 12.1 Å². The number of aryl methyl sites for hydroxylation is 1. The van der Waals surface area contributed by atoms with Crippen LogP contribution in [0.1, 0.15) is 42.3 Å². The Hall–Kier alpha value is -2.82. The summed E-state index contributed by atoms with van der Waals surface area (Å²) in [6, 6.07) is 13.2. The van der Waals surface area contributed by atoms with Gasteiger partial charge in [0.2, 0.25) is 0 Å². The van der Waals surface area contributed by atoms with Gasteiger partial charge in [0.05, 0.1) is 12.7 Å². The number of alkyl carbamates (subject to hydrolysis) is 1. The first-order valence-corrected chi connectivity index (χ1v) is 8.45. The molecule has 1 N–H and O–H groups in total. The Labute approximate surface area is 154 Å². The minimum absolute atomic E-state index is 0.301. The summed E-state index contributed by atoms with van der Waals surface area (Å²) < 4.78 is 10.2. The zero-order valence-electron chi connectivity index (χ0n) is 15.9. The van der Waals surface area contributed by atoms with Crippen LogP contribution in [-0.4, -0.2) is 24.8 Å². The highest BCUT2D eigenvalue weighted by atomic mass is 16.6. The molecule has 0 unspecified atom stereocenters. The molecule has 138 valence electrons. The minimum atomic E-state index is -0.550. The number of hydrogen-bond acceptors (Lipinski definition) is 4. The topological polar surface area (TPSA) is 64.6 Å². The van der Waals surface area contributed by atoms with Gasteiger partial charge in [-0.3, -0.25) is 0 Å². The van der Waals surface area contributed by atoms with Gasteiger partial charge in [0.15, 0.2) is 0 Å². The quantitative estimate of drug-likeness (QED) is 0.822. The van der Waals surface area contributed by atoms with Crippen LogP contribution in [0.5, 0.6) is 0 Å². The fourth-order valence-corrected chi connectivity index (χ4v) is 2.58. The van der Waals surface area contributed by atoms with E-state index >= 15 is 0 Å². The molecule has 2 rings (SSSR count). The predicted octanol–water partition coefficient (Wildman–Crippen LogP) is 4.47. The summed E-state index contributed by atoms with van der Waals surface area (Å²) in [6.45, 7) is 7.73. The highest BCUT2D eigenvalue weighted by Gasteiger charge is 2.17. The van der Waals surface area contributed by atoms with Crippen molar-refractivity contribution in [2.75, 3.05) is 7.11 Å². The molecule has 0 aromatic heterocycles. The average molecular weight is 355 g/mol. The second-order valence-corrected chi connectivity index (χ2v) is 7.04. The number of rotatable bonds is 4. The van der Waals surface area contributed by atoms with E-state index in [0.717, 1.165) is 22.3 Å². The average Bonchev–Trinajstić information content (AvgIpc) is 2.58. The molecule has 2 aromatic carbocycles. The van der Waals surface area contributed by atoms with E-state index in [-0.39, 0.29) is 0 Å². The van der Waals surface area contributed by atoms with E-state index in [1.54, 1.807) is 12.1 Å². The first kappa shape index (κ1) is 19.5. The van der Waals surface area contributed by atoms with Crippen LogP contribution in [0.25, 0.3) is 11.1 Å². The molecule has 2 aromatic rings. The van der Waals surface area contributed by atoms with Gasteiger partial charge in [-0.2, -0.15) is 0 Å². The highest BCUT2D eigenvalue weighted by molar-refractivity contribution is 5.97. The number of carbonyl (C=O) groups is 2. The monoisotopic (exact) mass is 355 g/mol. The van der Waals surface area contributed by atoms with Crippen LogP contribution < -0.4 is 5.32 Å². The molecule has 5 nitrogen and oxygen atoms in total. The van der Waals surface area contributed by atoms with Crippen LogP contribution in [0.15, 0.2) is 42.5 Å². The Kier molecular flexibility index (Phi) is 6.03. The van der Waals surface area contributed by atoms with Crippen molar-refractivity contribution in [3.63, 3.8) is 0 Å². The third-order valence-corrected chi connectivity index (χ3v) is 3.76. The van der Waals surface area contributed by atoms with Crippen molar-refractivity contribution in [3.05, 3.63) is 59.2 Å². The van der Waals surface area contributed by atoms with Gasteiger partial charge in [-0.05, 0) is 62.1 Å². The zero-order valence-corrected chi connectivity index (χ0v) is 15.9. The lowest BCUT2D eigenvalue weighted by Crippen LogP contribution is -2.32. The number of ether oxygens (including phenoxy) is 2.